The zero-order chi connectivity index (χ0) is 27.6. The summed E-state index contributed by atoms with van der Waals surface area (Å²) < 4.78 is 33.7. The highest BCUT2D eigenvalue weighted by Crippen LogP contribution is 2.27. The maximum absolute atomic E-state index is 13.4. The molecule has 1 amide bonds. The fourth-order valence-corrected chi connectivity index (χ4v) is 6.90. The summed E-state index contributed by atoms with van der Waals surface area (Å²) in [7, 11) is -1.65. The fraction of sp³-hybridized carbons (Fsp3) is 0.464. The number of piperazine rings is 1. The minimum Gasteiger partial charge on any atom is -0.338 e. The van der Waals surface area contributed by atoms with Crippen molar-refractivity contribution in [3.05, 3.63) is 59.5 Å². The van der Waals surface area contributed by atoms with Gasteiger partial charge in [-0.05, 0) is 63.5 Å². The third-order valence-corrected chi connectivity index (χ3v) is 9.67. The normalized spacial score (nSPS) is 19.7. The molecule has 2 aliphatic rings. The number of carbonyl (C=O) groups is 1. The Hall–Kier alpha value is -3.12. The average molecular weight is 553 g/mol. The first-order valence-electron chi connectivity index (χ1n) is 13.4. The van der Waals surface area contributed by atoms with Crippen LogP contribution >= 0.6 is 0 Å². The largest absolute Gasteiger partial charge is 0.338 e. The van der Waals surface area contributed by atoms with Gasteiger partial charge in [0.05, 0.1) is 17.4 Å². The van der Waals surface area contributed by atoms with Crippen molar-refractivity contribution in [1.29, 1.82) is 0 Å². The van der Waals surface area contributed by atoms with Crippen LogP contribution in [0.3, 0.4) is 0 Å². The van der Waals surface area contributed by atoms with Gasteiger partial charge in [0.1, 0.15) is 0 Å². The van der Waals surface area contributed by atoms with Gasteiger partial charge in [0.15, 0.2) is 0 Å². The number of aromatic nitrogens is 2. The Bertz CT molecular complexity index is 1430. The molecule has 11 heteroatoms. The lowest BCUT2D eigenvalue weighted by Crippen LogP contribution is -2.47. The van der Waals surface area contributed by atoms with Crippen molar-refractivity contribution in [3.63, 3.8) is 0 Å². The highest BCUT2D eigenvalue weighted by atomic mass is 32.2. The van der Waals surface area contributed by atoms with E-state index in [4.69, 9.17) is 4.52 Å². The molecule has 0 bridgehead atoms. The summed E-state index contributed by atoms with van der Waals surface area (Å²) in [5.41, 5.74) is 3.18. The van der Waals surface area contributed by atoms with Crippen LogP contribution < -0.4 is 5.32 Å². The van der Waals surface area contributed by atoms with Crippen molar-refractivity contribution >= 4 is 21.6 Å². The third kappa shape index (κ3) is 6.22. The Morgan fingerprint density at radius 2 is 1.82 bits per heavy atom. The predicted molar refractivity (Wildman–Crippen MR) is 149 cm³/mol. The van der Waals surface area contributed by atoms with Crippen molar-refractivity contribution in [2.75, 3.05) is 51.6 Å². The summed E-state index contributed by atoms with van der Waals surface area (Å²) in [6.07, 6.45) is 1.63. The molecule has 1 aromatic heterocycles. The van der Waals surface area contributed by atoms with E-state index in [2.05, 4.69) is 25.3 Å². The lowest BCUT2D eigenvalue weighted by molar-refractivity contribution is -0.121. The Labute approximate surface area is 230 Å². The highest BCUT2D eigenvalue weighted by Gasteiger charge is 2.30. The van der Waals surface area contributed by atoms with Gasteiger partial charge < -0.3 is 14.7 Å². The third-order valence-electron chi connectivity index (χ3n) is 7.62. The Morgan fingerprint density at radius 3 is 2.59 bits per heavy atom. The quantitative estimate of drug-likeness (QED) is 0.476. The lowest BCUT2D eigenvalue weighted by atomic mass is 9.97. The summed E-state index contributed by atoms with van der Waals surface area (Å²) in [6.45, 7) is 7.98. The Kier molecular flexibility index (Phi) is 8.13. The second-order valence-electron chi connectivity index (χ2n) is 10.6. The molecular formula is C28H36N6O4S. The molecule has 0 aliphatic carbocycles. The van der Waals surface area contributed by atoms with Gasteiger partial charge >= 0.3 is 0 Å². The first kappa shape index (κ1) is 27.4. The predicted octanol–water partition coefficient (Wildman–Crippen LogP) is 3.14. The zero-order valence-electron chi connectivity index (χ0n) is 22.8. The van der Waals surface area contributed by atoms with E-state index < -0.39 is 10.0 Å². The number of piperidine rings is 1. The van der Waals surface area contributed by atoms with E-state index in [1.807, 2.05) is 38.2 Å². The molecule has 1 unspecified atom stereocenters. The lowest BCUT2D eigenvalue weighted by Gasteiger charge is -2.32. The SMILES string of the molecule is Cc1ccccc1-c1noc(CN2CCCC(C(=O)Nc3ccc(C)c(S(=O)(=O)N4CCN(C)CC4)c3)C2)n1. The summed E-state index contributed by atoms with van der Waals surface area (Å²) >= 11 is 0. The van der Waals surface area contributed by atoms with Gasteiger partial charge in [0, 0.05) is 44.0 Å². The van der Waals surface area contributed by atoms with E-state index >= 15 is 0 Å². The number of benzene rings is 2. The van der Waals surface area contributed by atoms with E-state index in [0.29, 0.717) is 62.2 Å². The summed E-state index contributed by atoms with van der Waals surface area (Å²) in [5.74, 6) is 0.747. The van der Waals surface area contributed by atoms with Crippen LogP contribution in [0.1, 0.15) is 29.9 Å². The van der Waals surface area contributed by atoms with Crippen LogP contribution in [0.25, 0.3) is 11.4 Å². The molecule has 1 atom stereocenters. The minimum atomic E-state index is -3.64. The van der Waals surface area contributed by atoms with Gasteiger partial charge in [0.25, 0.3) is 0 Å². The first-order valence-corrected chi connectivity index (χ1v) is 14.9. The number of sulfonamides is 1. The minimum absolute atomic E-state index is 0.113. The Balaban J connectivity index is 1.22. The number of nitrogens with one attached hydrogen (secondary N) is 1. The number of likely N-dealkylation sites (tertiary alicyclic amines) is 1. The monoisotopic (exact) mass is 552 g/mol. The molecule has 0 spiro atoms. The standard InChI is InChI=1S/C28H36N6O4S/c1-20-7-4-5-9-24(20)27-30-26(38-31-27)19-33-12-6-8-22(18-33)28(35)29-23-11-10-21(2)25(17-23)39(36,37)34-15-13-32(3)14-16-34/h4-5,7,9-11,17,22H,6,8,12-16,18-19H2,1-3H3,(H,29,35). The molecule has 2 aliphatic heterocycles. The molecule has 3 aromatic rings. The van der Waals surface area contributed by atoms with Crippen molar-refractivity contribution in [2.45, 2.75) is 38.1 Å². The van der Waals surface area contributed by atoms with Gasteiger partial charge in [-0.25, -0.2) is 8.42 Å². The zero-order valence-corrected chi connectivity index (χ0v) is 23.6. The number of anilines is 1. The van der Waals surface area contributed by atoms with Crippen LogP contribution in [0, 0.1) is 19.8 Å². The van der Waals surface area contributed by atoms with E-state index in [9.17, 15) is 13.2 Å². The summed E-state index contributed by atoms with van der Waals surface area (Å²) in [4.78, 5) is 22.3. The molecule has 2 aromatic carbocycles. The van der Waals surface area contributed by atoms with Crippen molar-refractivity contribution in [1.82, 2.24) is 24.2 Å². The topological polar surface area (TPSA) is 112 Å². The van der Waals surface area contributed by atoms with E-state index in [1.165, 1.54) is 4.31 Å². The number of hydrogen-bond donors (Lipinski definition) is 1. The van der Waals surface area contributed by atoms with Gasteiger partial charge in [-0.3, -0.25) is 9.69 Å². The van der Waals surface area contributed by atoms with Crippen molar-refractivity contribution in [2.24, 2.45) is 5.92 Å². The number of carbonyl (C=O) groups excluding carboxylic acids is 1. The fourth-order valence-electron chi connectivity index (χ4n) is 5.22. The second-order valence-corrected chi connectivity index (χ2v) is 12.5. The highest BCUT2D eigenvalue weighted by molar-refractivity contribution is 7.89. The number of amides is 1. The van der Waals surface area contributed by atoms with Crippen LogP contribution in [-0.4, -0.2) is 84.9 Å². The van der Waals surface area contributed by atoms with Gasteiger partial charge in [0.2, 0.25) is 27.6 Å². The van der Waals surface area contributed by atoms with Crippen LogP contribution in [0.4, 0.5) is 5.69 Å². The van der Waals surface area contributed by atoms with Gasteiger partial charge in [-0.2, -0.15) is 9.29 Å². The number of hydrogen-bond acceptors (Lipinski definition) is 8. The second kappa shape index (κ2) is 11.5. The summed E-state index contributed by atoms with van der Waals surface area (Å²) in [6, 6.07) is 13.0. The van der Waals surface area contributed by atoms with Crippen molar-refractivity contribution in [3.8, 4) is 11.4 Å². The number of aryl methyl sites for hydroxylation is 2. The molecule has 208 valence electrons. The van der Waals surface area contributed by atoms with Crippen LogP contribution in [0.5, 0.6) is 0 Å². The molecule has 0 saturated carbocycles. The molecular weight excluding hydrogens is 516 g/mol. The van der Waals surface area contributed by atoms with Crippen molar-refractivity contribution < 1.29 is 17.7 Å². The first-order chi connectivity index (χ1) is 18.7. The molecule has 1 N–H and O–H groups in total. The molecule has 3 heterocycles. The number of nitrogens with zero attached hydrogens (tertiary/aromatic N) is 5. The maximum atomic E-state index is 13.4. The average Bonchev–Trinajstić information content (AvgIpc) is 3.38. The van der Waals surface area contributed by atoms with E-state index in [0.717, 1.165) is 30.5 Å². The van der Waals surface area contributed by atoms with Crippen LogP contribution in [0.2, 0.25) is 0 Å². The van der Waals surface area contributed by atoms with Crippen LogP contribution in [0.15, 0.2) is 51.9 Å². The Morgan fingerprint density at radius 1 is 1.05 bits per heavy atom. The molecule has 2 fully saturated rings. The molecule has 39 heavy (non-hydrogen) atoms. The molecule has 10 nitrogen and oxygen atoms in total. The molecule has 5 rings (SSSR count). The van der Waals surface area contributed by atoms with E-state index in [-0.39, 0.29) is 16.7 Å². The summed E-state index contributed by atoms with van der Waals surface area (Å²) in [5, 5.41) is 7.12. The van der Waals surface area contributed by atoms with Crippen LogP contribution in [-0.2, 0) is 21.4 Å². The maximum Gasteiger partial charge on any atom is 0.243 e. The molecule has 0 radical (unpaired) electrons. The van der Waals surface area contributed by atoms with Gasteiger partial charge in [-0.1, -0.05) is 35.5 Å². The number of likely N-dealkylation sites (N-methyl/N-ethyl adjacent to an activating group) is 1. The smallest absolute Gasteiger partial charge is 0.243 e. The number of rotatable bonds is 7. The molecule has 2 saturated heterocycles. The van der Waals surface area contributed by atoms with Gasteiger partial charge in [-0.15, -0.1) is 0 Å². The van der Waals surface area contributed by atoms with E-state index in [1.54, 1.807) is 25.1 Å².